The number of hydrogen-bond acceptors (Lipinski definition) is 6. The van der Waals surface area contributed by atoms with Crippen LogP contribution in [0, 0.1) is 0 Å². The lowest BCUT2D eigenvalue weighted by molar-refractivity contribution is 0.604. The average Bonchev–Trinajstić information content (AvgIpc) is 2.78. The number of nitrogens with one attached hydrogen (secondary N) is 2. The van der Waals surface area contributed by atoms with Crippen molar-refractivity contribution in [1.82, 2.24) is 19.7 Å². The summed E-state index contributed by atoms with van der Waals surface area (Å²) in [5.74, 6) is 6.63. The Balaban J connectivity index is 2.07. The summed E-state index contributed by atoms with van der Waals surface area (Å²) < 4.78 is 1.65. The Morgan fingerprint density at radius 3 is 3.16 bits per heavy atom. The lowest BCUT2D eigenvalue weighted by atomic mass is 10.3. The molecule has 0 spiro atoms. The fourth-order valence-electron chi connectivity index (χ4n) is 1.63. The highest BCUT2D eigenvalue weighted by Crippen LogP contribution is 2.20. The molecule has 2 rings (SSSR count). The molecule has 4 N–H and O–H groups in total. The van der Waals surface area contributed by atoms with Gasteiger partial charge in [0.05, 0.1) is 0 Å². The van der Waals surface area contributed by atoms with E-state index in [1.807, 2.05) is 19.1 Å². The second-order valence-corrected chi connectivity index (χ2v) is 4.89. The number of pyridine rings is 1. The van der Waals surface area contributed by atoms with Crippen molar-refractivity contribution in [1.29, 1.82) is 0 Å². The number of nitrogen functional groups attached to an aromatic ring is 1. The number of aromatic amines is 1. The van der Waals surface area contributed by atoms with Gasteiger partial charge in [0.1, 0.15) is 5.82 Å². The quantitative estimate of drug-likeness (QED) is 0.414. The Morgan fingerprint density at radius 1 is 1.58 bits per heavy atom. The van der Waals surface area contributed by atoms with Crippen LogP contribution in [0.15, 0.2) is 28.3 Å². The second-order valence-electron chi connectivity index (χ2n) is 3.95. The maximum atomic E-state index is 11.5. The molecule has 0 saturated heterocycles. The Hall–Kier alpha value is -1.80. The average molecular weight is 280 g/mol. The van der Waals surface area contributed by atoms with Gasteiger partial charge >= 0.3 is 5.69 Å². The molecule has 0 aliphatic rings. The maximum absolute atomic E-state index is 11.5. The van der Waals surface area contributed by atoms with Gasteiger partial charge in [-0.1, -0.05) is 18.7 Å². The molecule has 102 valence electrons. The summed E-state index contributed by atoms with van der Waals surface area (Å²) >= 11 is 1.50. The van der Waals surface area contributed by atoms with Crippen molar-refractivity contribution in [2.75, 3.05) is 5.43 Å². The molecule has 0 aliphatic carbocycles. The van der Waals surface area contributed by atoms with Crippen molar-refractivity contribution in [3.05, 3.63) is 34.4 Å². The molecule has 0 atom stereocenters. The zero-order chi connectivity index (χ0) is 13.7. The molecule has 7 nitrogen and oxygen atoms in total. The van der Waals surface area contributed by atoms with Crippen LogP contribution in [0.25, 0.3) is 0 Å². The Bertz CT molecular complexity index is 593. The normalized spacial score (nSPS) is 10.6. The molecule has 0 aliphatic heterocycles. The summed E-state index contributed by atoms with van der Waals surface area (Å²) in [5, 5.41) is 7.20. The first-order chi connectivity index (χ1) is 9.24. The number of anilines is 1. The molecule has 0 unspecified atom stereocenters. The predicted octanol–water partition coefficient (Wildman–Crippen LogP) is 0.954. The molecule has 2 heterocycles. The van der Waals surface area contributed by atoms with Crippen molar-refractivity contribution in [2.45, 2.75) is 30.8 Å². The van der Waals surface area contributed by atoms with E-state index in [1.54, 1.807) is 10.8 Å². The van der Waals surface area contributed by atoms with Crippen LogP contribution >= 0.6 is 11.8 Å². The SMILES string of the molecule is CCCn1c(SCc2ccnc(NN)c2)n[nH]c1=O. The summed E-state index contributed by atoms with van der Waals surface area (Å²) in [6.07, 6.45) is 2.58. The molecular formula is C11H16N6OS. The molecule has 8 heteroatoms. The number of aromatic nitrogens is 4. The minimum Gasteiger partial charge on any atom is -0.308 e. The zero-order valence-electron chi connectivity index (χ0n) is 10.6. The molecular weight excluding hydrogens is 264 g/mol. The Morgan fingerprint density at radius 2 is 2.42 bits per heavy atom. The van der Waals surface area contributed by atoms with E-state index in [2.05, 4.69) is 20.6 Å². The first-order valence-electron chi connectivity index (χ1n) is 5.94. The van der Waals surface area contributed by atoms with Crippen molar-refractivity contribution >= 4 is 17.6 Å². The number of nitrogens with zero attached hydrogens (tertiary/aromatic N) is 3. The Labute approximate surface area is 114 Å². The summed E-state index contributed by atoms with van der Waals surface area (Å²) in [4.78, 5) is 15.6. The van der Waals surface area contributed by atoms with E-state index in [9.17, 15) is 4.79 Å². The van der Waals surface area contributed by atoms with Gasteiger partial charge in [-0.3, -0.25) is 4.57 Å². The van der Waals surface area contributed by atoms with Gasteiger partial charge in [0, 0.05) is 18.5 Å². The topological polar surface area (TPSA) is 102 Å². The highest BCUT2D eigenvalue weighted by atomic mass is 32.2. The first-order valence-corrected chi connectivity index (χ1v) is 6.92. The predicted molar refractivity (Wildman–Crippen MR) is 74.7 cm³/mol. The lowest BCUT2D eigenvalue weighted by Crippen LogP contribution is -2.17. The molecule has 19 heavy (non-hydrogen) atoms. The minimum atomic E-state index is -0.164. The number of hydrazine groups is 1. The van der Waals surface area contributed by atoms with Crippen LogP contribution in [0.4, 0.5) is 5.82 Å². The first kappa shape index (κ1) is 13.6. The van der Waals surface area contributed by atoms with Gasteiger partial charge in [-0.05, 0) is 24.1 Å². The van der Waals surface area contributed by atoms with Gasteiger partial charge in [-0.25, -0.2) is 20.7 Å². The van der Waals surface area contributed by atoms with E-state index in [-0.39, 0.29) is 5.69 Å². The molecule has 0 fully saturated rings. The monoisotopic (exact) mass is 280 g/mol. The molecule has 0 amide bonds. The fraction of sp³-hybridized carbons (Fsp3) is 0.364. The summed E-state index contributed by atoms with van der Waals surface area (Å²) in [6, 6.07) is 3.77. The van der Waals surface area contributed by atoms with Crippen LogP contribution in [-0.2, 0) is 12.3 Å². The van der Waals surface area contributed by atoms with Crippen molar-refractivity contribution in [3.8, 4) is 0 Å². The molecule has 2 aromatic rings. The number of H-pyrrole nitrogens is 1. The summed E-state index contributed by atoms with van der Waals surface area (Å²) in [6.45, 7) is 2.69. The van der Waals surface area contributed by atoms with Crippen LogP contribution in [0.1, 0.15) is 18.9 Å². The van der Waals surface area contributed by atoms with Gasteiger partial charge < -0.3 is 5.43 Å². The van der Waals surface area contributed by atoms with Crippen LogP contribution in [-0.4, -0.2) is 19.7 Å². The number of hydrogen-bond donors (Lipinski definition) is 3. The smallest absolute Gasteiger partial charge is 0.308 e. The zero-order valence-corrected chi connectivity index (χ0v) is 11.4. The van der Waals surface area contributed by atoms with Crippen molar-refractivity contribution < 1.29 is 0 Å². The molecule has 2 aromatic heterocycles. The molecule has 0 aromatic carbocycles. The third-order valence-electron chi connectivity index (χ3n) is 2.51. The minimum absolute atomic E-state index is 0.164. The van der Waals surface area contributed by atoms with Crippen molar-refractivity contribution in [2.24, 2.45) is 5.84 Å². The fourth-order valence-corrected chi connectivity index (χ4v) is 2.54. The van der Waals surface area contributed by atoms with Crippen LogP contribution in [0.3, 0.4) is 0 Å². The molecule has 0 radical (unpaired) electrons. The van der Waals surface area contributed by atoms with E-state index in [1.165, 1.54) is 11.8 Å². The summed E-state index contributed by atoms with van der Waals surface area (Å²) in [7, 11) is 0. The number of rotatable bonds is 6. The standard InChI is InChI=1S/C11H16N6OS/c1-2-5-17-10(18)15-16-11(17)19-7-8-3-4-13-9(6-8)14-12/h3-4,6H,2,5,7,12H2,1H3,(H,13,14)(H,15,18). The molecule has 0 saturated carbocycles. The van der Waals surface area contributed by atoms with E-state index in [0.29, 0.717) is 23.3 Å². The van der Waals surface area contributed by atoms with Gasteiger partial charge in [-0.2, -0.15) is 0 Å². The van der Waals surface area contributed by atoms with Gasteiger partial charge in [0.2, 0.25) is 0 Å². The van der Waals surface area contributed by atoms with E-state index in [0.717, 1.165) is 12.0 Å². The number of thioether (sulfide) groups is 1. The number of nitrogens with two attached hydrogens (primary N) is 1. The third kappa shape index (κ3) is 3.36. The highest BCUT2D eigenvalue weighted by Gasteiger charge is 2.08. The van der Waals surface area contributed by atoms with Gasteiger partial charge in [-0.15, -0.1) is 5.10 Å². The molecule has 0 bridgehead atoms. The largest absolute Gasteiger partial charge is 0.343 e. The van der Waals surface area contributed by atoms with Gasteiger partial charge in [0.25, 0.3) is 0 Å². The van der Waals surface area contributed by atoms with E-state index >= 15 is 0 Å². The van der Waals surface area contributed by atoms with Crippen LogP contribution < -0.4 is 17.0 Å². The van der Waals surface area contributed by atoms with E-state index in [4.69, 9.17) is 5.84 Å². The lowest BCUT2D eigenvalue weighted by Gasteiger charge is -2.05. The van der Waals surface area contributed by atoms with Crippen LogP contribution in [0.2, 0.25) is 0 Å². The van der Waals surface area contributed by atoms with Gasteiger partial charge in [0.15, 0.2) is 5.16 Å². The third-order valence-corrected chi connectivity index (χ3v) is 3.56. The summed E-state index contributed by atoms with van der Waals surface area (Å²) in [5.41, 5.74) is 3.40. The highest BCUT2D eigenvalue weighted by molar-refractivity contribution is 7.98. The maximum Gasteiger partial charge on any atom is 0.343 e. The van der Waals surface area contributed by atoms with E-state index < -0.39 is 0 Å². The van der Waals surface area contributed by atoms with Crippen molar-refractivity contribution in [3.63, 3.8) is 0 Å². The second kappa shape index (κ2) is 6.39. The van der Waals surface area contributed by atoms with Crippen LogP contribution in [0.5, 0.6) is 0 Å². The Kier molecular flexibility index (Phi) is 4.58.